The Morgan fingerprint density at radius 1 is 1.44 bits per heavy atom. The van der Waals surface area contributed by atoms with Gasteiger partial charge in [-0.1, -0.05) is 27.5 Å². The van der Waals surface area contributed by atoms with Crippen LogP contribution in [-0.4, -0.2) is 12.0 Å². The fourth-order valence-electron chi connectivity index (χ4n) is 1.38. The average molecular weight is 302 g/mol. The molecule has 0 saturated carbocycles. The van der Waals surface area contributed by atoms with E-state index in [4.69, 9.17) is 16.0 Å². The minimum Gasteiger partial charge on any atom is -0.444 e. The maximum Gasteiger partial charge on any atom is 0.226 e. The van der Waals surface area contributed by atoms with Gasteiger partial charge in [0.25, 0.3) is 0 Å². The van der Waals surface area contributed by atoms with Crippen LogP contribution in [0.25, 0.3) is 11.5 Å². The largest absolute Gasteiger partial charge is 0.444 e. The number of benzene rings is 1. The molecule has 0 aliphatic carbocycles. The Hall–Kier alpha value is -0.840. The molecule has 0 radical (unpaired) electrons. The zero-order chi connectivity index (χ0) is 11.5. The van der Waals surface area contributed by atoms with Gasteiger partial charge in [0.15, 0.2) is 0 Å². The van der Waals surface area contributed by atoms with Crippen molar-refractivity contribution >= 4 is 27.5 Å². The van der Waals surface area contributed by atoms with E-state index < -0.39 is 0 Å². The topological polar surface area (TPSA) is 38.1 Å². The van der Waals surface area contributed by atoms with Gasteiger partial charge in [-0.3, -0.25) is 0 Å². The fourth-order valence-corrected chi connectivity index (χ4v) is 2.24. The molecule has 1 aromatic heterocycles. The summed E-state index contributed by atoms with van der Waals surface area (Å²) in [7, 11) is 1.87. The average Bonchev–Trinajstić information content (AvgIpc) is 2.65. The molecule has 0 spiro atoms. The van der Waals surface area contributed by atoms with E-state index in [2.05, 4.69) is 26.2 Å². The predicted octanol–water partition coefficient (Wildman–Crippen LogP) is 3.48. The zero-order valence-corrected chi connectivity index (χ0v) is 11.0. The third kappa shape index (κ3) is 2.64. The van der Waals surface area contributed by atoms with E-state index in [-0.39, 0.29) is 0 Å². The Kier molecular flexibility index (Phi) is 3.63. The Balaban J connectivity index is 2.34. The molecule has 5 heteroatoms. The normalized spacial score (nSPS) is 10.7. The van der Waals surface area contributed by atoms with Crippen molar-refractivity contribution in [3.63, 3.8) is 0 Å². The van der Waals surface area contributed by atoms with Crippen molar-refractivity contribution < 1.29 is 4.42 Å². The van der Waals surface area contributed by atoms with Crippen LogP contribution in [-0.2, 0) is 6.54 Å². The van der Waals surface area contributed by atoms with Gasteiger partial charge in [0, 0.05) is 21.6 Å². The molecule has 2 aromatic rings. The molecule has 16 heavy (non-hydrogen) atoms. The van der Waals surface area contributed by atoms with E-state index in [1.807, 2.05) is 25.2 Å². The van der Waals surface area contributed by atoms with Gasteiger partial charge in [0.2, 0.25) is 5.89 Å². The number of aromatic nitrogens is 1. The van der Waals surface area contributed by atoms with Crippen LogP contribution in [0.3, 0.4) is 0 Å². The van der Waals surface area contributed by atoms with Gasteiger partial charge in [0.1, 0.15) is 6.26 Å². The molecule has 1 aromatic carbocycles. The van der Waals surface area contributed by atoms with Gasteiger partial charge < -0.3 is 9.73 Å². The lowest BCUT2D eigenvalue weighted by molar-refractivity contribution is 0.571. The molecule has 2 rings (SSSR count). The molecule has 0 unspecified atom stereocenters. The maximum atomic E-state index is 5.96. The van der Waals surface area contributed by atoms with Gasteiger partial charge >= 0.3 is 0 Å². The molecular weight excluding hydrogens is 291 g/mol. The lowest BCUT2D eigenvalue weighted by Gasteiger charge is -1.98. The third-order valence-electron chi connectivity index (χ3n) is 2.02. The number of hydrogen-bond donors (Lipinski definition) is 1. The minimum atomic E-state index is 0.577. The first-order chi connectivity index (χ1) is 7.69. The molecule has 1 N–H and O–H groups in total. The highest BCUT2D eigenvalue weighted by atomic mass is 79.9. The Labute approximate surface area is 107 Å². The molecule has 0 aliphatic rings. The summed E-state index contributed by atoms with van der Waals surface area (Å²) >= 11 is 9.34. The number of halogens is 2. The smallest absolute Gasteiger partial charge is 0.226 e. The fraction of sp³-hybridized carbons (Fsp3) is 0.182. The number of nitrogens with zero attached hydrogens (tertiary/aromatic N) is 1. The molecule has 0 saturated heterocycles. The second kappa shape index (κ2) is 4.99. The van der Waals surface area contributed by atoms with Crippen molar-refractivity contribution in [3.05, 3.63) is 39.7 Å². The van der Waals surface area contributed by atoms with Crippen LogP contribution in [0, 0.1) is 0 Å². The first-order valence-corrected chi connectivity index (χ1v) is 5.91. The van der Waals surface area contributed by atoms with E-state index in [1.54, 1.807) is 6.26 Å². The second-order valence-corrected chi connectivity index (χ2v) is 4.68. The van der Waals surface area contributed by atoms with Gasteiger partial charge in [0.05, 0.1) is 5.69 Å². The SMILES string of the molecule is CNCc1coc(-c2cc(Cl)cc(Br)c2)n1. The zero-order valence-electron chi connectivity index (χ0n) is 8.63. The molecule has 3 nitrogen and oxygen atoms in total. The molecule has 0 atom stereocenters. The van der Waals surface area contributed by atoms with Crippen LogP contribution in [0.4, 0.5) is 0 Å². The van der Waals surface area contributed by atoms with Crippen LogP contribution in [0.15, 0.2) is 33.4 Å². The van der Waals surface area contributed by atoms with E-state index in [9.17, 15) is 0 Å². The second-order valence-electron chi connectivity index (χ2n) is 3.33. The van der Waals surface area contributed by atoms with Gasteiger partial charge in [-0.05, 0) is 25.2 Å². The van der Waals surface area contributed by atoms with Crippen LogP contribution < -0.4 is 5.32 Å². The lowest BCUT2D eigenvalue weighted by Crippen LogP contribution is -2.04. The summed E-state index contributed by atoms with van der Waals surface area (Å²) in [5.41, 5.74) is 1.73. The quantitative estimate of drug-likeness (QED) is 0.943. The first-order valence-electron chi connectivity index (χ1n) is 4.74. The van der Waals surface area contributed by atoms with Crippen LogP contribution in [0.5, 0.6) is 0 Å². The third-order valence-corrected chi connectivity index (χ3v) is 2.70. The summed E-state index contributed by atoms with van der Waals surface area (Å²) in [5, 5.41) is 3.66. The van der Waals surface area contributed by atoms with Gasteiger partial charge in [-0.2, -0.15) is 0 Å². The molecule has 0 aliphatic heterocycles. The van der Waals surface area contributed by atoms with Crippen molar-refractivity contribution in [1.82, 2.24) is 10.3 Å². The molecule has 0 bridgehead atoms. The van der Waals surface area contributed by atoms with Crippen molar-refractivity contribution in [2.45, 2.75) is 6.54 Å². The number of nitrogens with one attached hydrogen (secondary N) is 1. The summed E-state index contributed by atoms with van der Waals surface area (Å²) in [6.07, 6.45) is 1.64. The van der Waals surface area contributed by atoms with Crippen LogP contribution in [0.2, 0.25) is 5.02 Å². The maximum absolute atomic E-state index is 5.96. The van der Waals surface area contributed by atoms with Crippen molar-refractivity contribution in [2.24, 2.45) is 0 Å². The Morgan fingerprint density at radius 2 is 2.25 bits per heavy atom. The molecule has 0 fully saturated rings. The highest BCUT2D eigenvalue weighted by Crippen LogP contribution is 2.26. The monoisotopic (exact) mass is 300 g/mol. The van der Waals surface area contributed by atoms with Gasteiger partial charge in [-0.15, -0.1) is 0 Å². The summed E-state index contributed by atoms with van der Waals surface area (Å²) < 4.78 is 6.29. The van der Waals surface area contributed by atoms with Crippen LogP contribution in [0.1, 0.15) is 5.69 Å². The summed E-state index contributed by atoms with van der Waals surface area (Å²) in [6.45, 7) is 0.686. The standard InChI is InChI=1S/C11H10BrClN2O/c1-14-5-10-6-16-11(15-10)7-2-8(12)4-9(13)3-7/h2-4,6,14H,5H2,1H3. The van der Waals surface area contributed by atoms with Crippen LogP contribution >= 0.6 is 27.5 Å². The summed E-state index contributed by atoms with van der Waals surface area (Å²) in [4.78, 5) is 4.34. The minimum absolute atomic E-state index is 0.577. The molecule has 1 heterocycles. The van der Waals surface area contributed by atoms with E-state index in [0.717, 1.165) is 15.7 Å². The van der Waals surface area contributed by atoms with E-state index in [0.29, 0.717) is 17.5 Å². The predicted molar refractivity (Wildman–Crippen MR) is 67.4 cm³/mol. The van der Waals surface area contributed by atoms with E-state index in [1.165, 1.54) is 0 Å². The summed E-state index contributed by atoms with van der Waals surface area (Å²) in [5.74, 6) is 0.577. The molecule has 0 amide bonds. The van der Waals surface area contributed by atoms with Crippen molar-refractivity contribution in [3.8, 4) is 11.5 Å². The Bertz CT molecular complexity index is 478. The Morgan fingerprint density at radius 3 is 2.94 bits per heavy atom. The number of rotatable bonds is 3. The van der Waals surface area contributed by atoms with Crippen molar-refractivity contribution in [1.29, 1.82) is 0 Å². The molecular formula is C11H10BrClN2O. The van der Waals surface area contributed by atoms with Crippen molar-refractivity contribution in [2.75, 3.05) is 7.05 Å². The highest BCUT2D eigenvalue weighted by Gasteiger charge is 2.07. The number of hydrogen-bond acceptors (Lipinski definition) is 3. The number of oxazole rings is 1. The van der Waals surface area contributed by atoms with Gasteiger partial charge in [-0.25, -0.2) is 4.98 Å². The highest BCUT2D eigenvalue weighted by molar-refractivity contribution is 9.10. The first kappa shape index (κ1) is 11.6. The summed E-state index contributed by atoms with van der Waals surface area (Å²) in [6, 6.07) is 5.56. The van der Waals surface area contributed by atoms with E-state index >= 15 is 0 Å². The molecule has 84 valence electrons. The lowest BCUT2D eigenvalue weighted by atomic mass is 10.2.